The van der Waals surface area contributed by atoms with Crippen molar-refractivity contribution in [2.75, 3.05) is 26.4 Å². The lowest BCUT2D eigenvalue weighted by Gasteiger charge is -2.24. The maximum absolute atomic E-state index is 5.62. The molecule has 1 aromatic heterocycles. The first-order valence-corrected chi connectivity index (χ1v) is 7.84. The highest BCUT2D eigenvalue weighted by atomic mass is 16.5. The zero-order chi connectivity index (χ0) is 13.8. The summed E-state index contributed by atoms with van der Waals surface area (Å²) in [6.07, 6.45) is 6.77. The lowest BCUT2D eigenvalue weighted by molar-refractivity contribution is 0.116. The molecule has 5 heteroatoms. The molecule has 0 bridgehead atoms. The summed E-state index contributed by atoms with van der Waals surface area (Å²) in [5, 5.41) is 4.21. The van der Waals surface area contributed by atoms with Crippen molar-refractivity contribution in [2.24, 2.45) is 0 Å². The van der Waals surface area contributed by atoms with E-state index in [2.05, 4.69) is 5.16 Å². The Bertz CT molecular complexity index is 421. The van der Waals surface area contributed by atoms with E-state index in [0.717, 1.165) is 63.8 Å². The van der Waals surface area contributed by atoms with Crippen molar-refractivity contribution in [3.8, 4) is 0 Å². The largest absolute Gasteiger partial charge is 0.382 e. The molecule has 0 spiro atoms. The Hall–Kier alpha value is -0.940. The lowest BCUT2D eigenvalue weighted by atomic mass is 9.83. The summed E-state index contributed by atoms with van der Waals surface area (Å²) in [6.45, 7) is 5.12. The van der Waals surface area contributed by atoms with Crippen molar-refractivity contribution >= 4 is 0 Å². The van der Waals surface area contributed by atoms with Gasteiger partial charge in [0.05, 0.1) is 12.0 Å². The number of hydrogen-bond acceptors (Lipinski definition) is 5. The summed E-state index contributed by atoms with van der Waals surface area (Å²) in [6, 6.07) is 0. The number of nitrogens with zero attached hydrogens (tertiary/aromatic N) is 2. The van der Waals surface area contributed by atoms with Crippen LogP contribution in [-0.4, -0.2) is 36.6 Å². The van der Waals surface area contributed by atoms with Crippen molar-refractivity contribution < 1.29 is 14.0 Å². The van der Waals surface area contributed by atoms with Gasteiger partial charge in [-0.1, -0.05) is 18.0 Å². The number of hydrogen-bond donors (Lipinski definition) is 0. The Morgan fingerprint density at radius 2 is 2.20 bits per heavy atom. The average molecular weight is 280 g/mol. The molecule has 2 aliphatic rings. The van der Waals surface area contributed by atoms with Crippen molar-refractivity contribution in [3.63, 3.8) is 0 Å². The molecular weight excluding hydrogens is 256 g/mol. The zero-order valence-corrected chi connectivity index (χ0v) is 12.3. The van der Waals surface area contributed by atoms with Gasteiger partial charge in [0.15, 0.2) is 5.82 Å². The minimum Gasteiger partial charge on any atom is -0.382 e. The Balaban J connectivity index is 1.73. The second-order valence-electron chi connectivity index (χ2n) is 5.95. The van der Waals surface area contributed by atoms with Gasteiger partial charge in [-0.15, -0.1) is 0 Å². The summed E-state index contributed by atoms with van der Waals surface area (Å²) < 4.78 is 16.6. The van der Waals surface area contributed by atoms with Gasteiger partial charge in [-0.05, 0) is 32.6 Å². The van der Waals surface area contributed by atoms with Crippen LogP contribution in [0.1, 0.15) is 63.1 Å². The van der Waals surface area contributed by atoms with Crippen LogP contribution in [0.2, 0.25) is 0 Å². The Morgan fingerprint density at radius 3 is 2.90 bits per heavy atom. The molecular formula is C15H24N2O3. The molecule has 0 aromatic carbocycles. The number of ether oxygens (including phenoxy) is 2. The Morgan fingerprint density at radius 1 is 1.35 bits per heavy atom. The smallest absolute Gasteiger partial charge is 0.232 e. The van der Waals surface area contributed by atoms with Crippen LogP contribution >= 0.6 is 0 Å². The van der Waals surface area contributed by atoms with E-state index in [1.165, 1.54) is 12.8 Å². The molecule has 112 valence electrons. The molecule has 2 heterocycles. The van der Waals surface area contributed by atoms with E-state index in [1.54, 1.807) is 0 Å². The minimum absolute atomic E-state index is 0.0554. The highest BCUT2D eigenvalue weighted by molar-refractivity contribution is 5.10. The highest BCUT2D eigenvalue weighted by Crippen LogP contribution is 2.43. The highest BCUT2D eigenvalue weighted by Gasteiger charge is 2.41. The SMILES string of the molecule is CCOCCC1(c2nc([C@H]3CCOC3)no2)CCCC1. The summed E-state index contributed by atoms with van der Waals surface area (Å²) in [5.74, 6) is 1.98. The second-order valence-corrected chi connectivity index (χ2v) is 5.95. The van der Waals surface area contributed by atoms with Crippen LogP contribution in [0.15, 0.2) is 4.52 Å². The number of rotatable bonds is 6. The summed E-state index contributed by atoms with van der Waals surface area (Å²) in [5.41, 5.74) is 0.0554. The molecule has 1 saturated carbocycles. The van der Waals surface area contributed by atoms with Crippen LogP contribution in [0.5, 0.6) is 0 Å². The monoisotopic (exact) mass is 280 g/mol. The molecule has 0 unspecified atom stereocenters. The van der Waals surface area contributed by atoms with Gasteiger partial charge in [-0.3, -0.25) is 0 Å². The van der Waals surface area contributed by atoms with Gasteiger partial charge >= 0.3 is 0 Å². The van der Waals surface area contributed by atoms with Crippen molar-refractivity contribution in [1.29, 1.82) is 0 Å². The predicted octanol–water partition coefficient (Wildman–Crippen LogP) is 2.81. The molecule has 3 rings (SSSR count). The third kappa shape index (κ3) is 2.74. The van der Waals surface area contributed by atoms with E-state index in [1.807, 2.05) is 6.92 Å². The fourth-order valence-corrected chi connectivity index (χ4v) is 3.39. The molecule has 5 nitrogen and oxygen atoms in total. The van der Waals surface area contributed by atoms with Crippen molar-refractivity contribution in [2.45, 2.75) is 56.8 Å². The van der Waals surface area contributed by atoms with Crippen LogP contribution in [-0.2, 0) is 14.9 Å². The summed E-state index contributed by atoms with van der Waals surface area (Å²) in [4.78, 5) is 4.71. The van der Waals surface area contributed by atoms with Crippen molar-refractivity contribution in [1.82, 2.24) is 10.1 Å². The first-order chi connectivity index (χ1) is 9.84. The molecule has 1 aliphatic heterocycles. The molecule has 2 fully saturated rings. The maximum atomic E-state index is 5.62. The lowest BCUT2D eigenvalue weighted by Crippen LogP contribution is -2.25. The van der Waals surface area contributed by atoms with E-state index in [4.69, 9.17) is 19.0 Å². The fraction of sp³-hybridized carbons (Fsp3) is 0.867. The second kappa shape index (κ2) is 6.22. The normalized spacial score (nSPS) is 25.4. The topological polar surface area (TPSA) is 57.4 Å². The van der Waals surface area contributed by atoms with Gasteiger partial charge in [0.25, 0.3) is 0 Å². The molecule has 1 aromatic rings. The third-order valence-electron chi connectivity index (χ3n) is 4.68. The van der Waals surface area contributed by atoms with Crippen LogP contribution in [0.3, 0.4) is 0 Å². The molecule has 0 radical (unpaired) electrons. The van der Waals surface area contributed by atoms with Crippen LogP contribution in [0.4, 0.5) is 0 Å². The summed E-state index contributed by atoms with van der Waals surface area (Å²) in [7, 11) is 0. The minimum atomic E-state index is 0.0554. The molecule has 1 aliphatic carbocycles. The van der Waals surface area contributed by atoms with Gasteiger partial charge in [0, 0.05) is 25.7 Å². The molecule has 1 atom stereocenters. The van der Waals surface area contributed by atoms with Crippen LogP contribution in [0.25, 0.3) is 0 Å². The molecule has 20 heavy (non-hydrogen) atoms. The average Bonchev–Trinajstić information content (AvgIpc) is 3.20. The Kier molecular flexibility index (Phi) is 4.36. The molecule has 0 N–H and O–H groups in total. The third-order valence-corrected chi connectivity index (χ3v) is 4.68. The first-order valence-electron chi connectivity index (χ1n) is 7.84. The van der Waals surface area contributed by atoms with Crippen molar-refractivity contribution in [3.05, 3.63) is 11.7 Å². The fourth-order valence-electron chi connectivity index (χ4n) is 3.39. The van der Waals surface area contributed by atoms with Gasteiger partial charge < -0.3 is 14.0 Å². The van der Waals surface area contributed by atoms with Gasteiger partial charge in [0.1, 0.15) is 0 Å². The molecule has 0 amide bonds. The maximum Gasteiger partial charge on any atom is 0.232 e. The van der Waals surface area contributed by atoms with Gasteiger partial charge in [0.2, 0.25) is 5.89 Å². The van der Waals surface area contributed by atoms with Gasteiger partial charge in [-0.2, -0.15) is 4.98 Å². The van der Waals surface area contributed by atoms with E-state index >= 15 is 0 Å². The van der Waals surface area contributed by atoms with Gasteiger partial charge in [-0.25, -0.2) is 0 Å². The molecule has 1 saturated heterocycles. The first kappa shape index (κ1) is 14.0. The standard InChI is InChI=1S/C15H24N2O3/c1-2-18-10-8-15(6-3-4-7-15)14-16-13(17-20-14)12-5-9-19-11-12/h12H,2-11H2,1H3/t12-/m0/s1. The summed E-state index contributed by atoms with van der Waals surface area (Å²) >= 11 is 0. The zero-order valence-electron chi connectivity index (χ0n) is 12.3. The predicted molar refractivity (Wildman–Crippen MR) is 73.7 cm³/mol. The van der Waals surface area contributed by atoms with E-state index in [0.29, 0.717) is 5.92 Å². The number of aromatic nitrogens is 2. The van der Waals surface area contributed by atoms with E-state index in [9.17, 15) is 0 Å². The Labute approximate surface area is 120 Å². The quantitative estimate of drug-likeness (QED) is 0.750. The van der Waals surface area contributed by atoms with E-state index < -0.39 is 0 Å². The van der Waals surface area contributed by atoms with Crippen LogP contribution < -0.4 is 0 Å². The van der Waals surface area contributed by atoms with Crippen LogP contribution in [0, 0.1) is 0 Å². The van der Waals surface area contributed by atoms with E-state index in [-0.39, 0.29) is 5.41 Å².